The topological polar surface area (TPSA) is 102 Å². The van der Waals surface area contributed by atoms with Gasteiger partial charge in [-0.25, -0.2) is 14.2 Å². The Labute approximate surface area is 234 Å². The highest BCUT2D eigenvalue weighted by molar-refractivity contribution is 7.08. The van der Waals surface area contributed by atoms with Gasteiger partial charge in [0, 0.05) is 23.2 Å². The number of methoxy groups -OCH3 is 1. The maximum absolute atomic E-state index is 13.7. The molecule has 2 N–H and O–H groups in total. The van der Waals surface area contributed by atoms with E-state index in [1.54, 1.807) is 22.7 Å². The van der Waals surface area contributed by atoms with Gasteiger partial charge in [0.15, 0.2) is 11.7 Å². The summed E-state index contributed by atoms with van der Waals surface area (Å²) in [5.74, 6) is -1.99. The standard InChI is InChI=1S/C28H28ClFN4O4S/c1-15(2)12-16(3)31-27(36)24-22(18-9-11-39-14-18)32-25-19(6-5-10-34(24)25)26(35)33-23(28(37)38-4)17-7-8-21(30)20(29)13-17/h5-11,13-16,23H,12H2,1-4H3,(H,31,36)(H,33,35)/t16-,23?/m1/s1. The molecule has 4 aromatic rings. The first-order chi connectivity index (χ1) is 18.6. The highest BCUT2D eigenvalue weighted by atomic mass is 35.5. The number of thiophene rings is 1. The predicted octanol–water partition coefficient (Wildman–Crippen LogP) is 5.66. The summed E-state index contributed by atoms with van der Waals surface area (Å²) in [6, 6.07) is 7.39. The minimum Gasteiger partial charge on any atom is -0.467 e. The summed E-state index contributed by atoms with van der Waals surface area (Å²) in [6.07, 6.45) is 2.46. The Morgan fingerprint density at radius 3 is 2.54 bits per heavy atom. The highest BCUT2D eigenvalue weighted by Gasteiger charge is 2.28. The van der Waals surface area contributed by atoms with Crippen LogP contribution in [0.25, 0.3) is 16.9 Å². The van der Waals surface area contributed by atoms with E-state index in [0.717, 1.165) is 18.1 Å². The number of imidazole rings is 1. The van der Waals surface area contributed by atoms with Crippen LogP contribution in [0.1, 0.15) is 59.6 Å². The molecule has 2 amide bonds. The number of pyridine rings is 1. The Balaban J connectivity index is 1.76. The largest absolute Gasteiger partial charge is 0.467 e. The molecule has 4 rings (SSSR count). The summed E-state index contributed by atoms with van der Waals surface area (Å²) >= 11 is 7.37. The second kappa shape index (κ2) is 12.0. The molecule has 0 aliphatic carbocycles. The van der Waals surface area contributed by atoms with Gasteiger partial charge in [-0.15, -0.1) is 0 Å². The van der Waals surface area contributed by atoms with E-state index in [0.29, 0.717) is 17.3 Å². The first-order valence-electron chi connectivity index (χ1n) is 12.3. The van der Waals surface area contributed by atoms with Crippen molar-refractivity contribution in [3.8, 4) is 11.3 Å². The number of carbonyl (C=O) groups is 3. The molecule has 0 saturated carbocycles. The molecule has 0 aliphatic heterocycles. The van der Waals surface area contributed by atoms with E-state index < -0.39 is 23.7 Å². The van der Waals surface area contributed by atoms with Crippen LogP contribution in [0, 0.1) is 11.7 Å². The summed E-state index contributed by atoms with van der Waals surface area (Å²) < 4.78 is 20.2. The maximum Gasteiger partial charge on any atom is 0.333 e. The molecule has 0 saturated heterocycles. The predicted molar refractivity (Wildman–Crippen MR) is 149 cm³/mol. The van der Waals surface area contributed by atoms with Crippen molar-refractivity contribution in [1.82, 2.24) is 20.0 Å². The van der Waals surface area contributed by atoms with Crippen molar-refractivity contribution in [2.45, 2.75) is 39.3 Å². The molecule has 0 aliphatic rings. The molecule has 8 nitrogen and oxygen atoms in total. The molecular formula is C28H28ClFN4O4S. The third-order valence-electron chi connectivity index (χ3n) is 6.10. The fraction of sp³-hybridized carbons (Fsp3) is 0.286. The number of amides is 2. The number of hydrogen-bond donors (Lipinski definition) is 2. The van der Waals surface area contributed by atoms with Crippen molar-refractivity contribution in [2.75, 3.05) is 7.11 Å². The quantitative estimate of drug-likeness (QED) is 0.253. The summed E-state index contributed by atoms with van der Waals surface area (Å²) in [6.45, 7) is 6.11. The van der Waals surface area contributed by atoms with E-state index in [1.165, 1.54) is 30.6 Å². The zero-order valence-electron chi connectivity index (χ0n) is 21.8. The van der Waals surface area contributed by atoms with Crippen molar-refractivity contribution in [3.63, 3.8) is 0 Å². The average molecular weight is 571 g/mol. The fourth-order valence-corrected chi connectivity index (χ4v) is 5.25. The molecule has 0 radical (unpaired) electrons. The number of rotatable bonds is 9. The Bertz CT molecular complexity index is 1520. The first-order valence-corrected chi connectivity index (χ1v) is 13.6. The van der Waals surface area contributed by atoms with Crippen LogP contribution in [0.3, 0.4) is 0 Å². The zero-order chi connectivity index (χ0) is 28.3. The molecule has 0 spiro atoms. The molecule has 39 heavy (non-hydrogen) atoms. The molecule has 0 bridgehead atoms. The Kier molecular flexibility index (Phi) is 8.66. The lowest BCUT2D eigenvalue weighted by Gasteiger charge is -2.18. The van der Waals surface area contributed by atoms with Gasteiger partial charge in [-0.05, 0) is 60.5 Å². The summed E-state index contributed by atoms with van der Waals surface area (Å²) in [7, 11) is 1.18. The van der Waals surface area contributed by atoms with Gasteiger partial charge in [0.2, 0.25) is 0 Å². The lowest BCUT2D eigenvalue weighted by Crippen LogP contribution is -2.35. The molecule has 1 aromatic carbocycles. The van der Waals surface area contributed by atoms with Crippen LogP contribution in [0.15, 0.2) is 53.4 Å². The summed E-state index contributed by atoms with van der Waals surface area (Å²) in [5.41, 5.74) is 2.08. The van der Waals surface area contributed by atoms with Gasteiger partial charge in [0.1, 0.15) is 17.2 Å². The molecular weight excluding hydrogens is 543 g/mol. The third kappa shape index (κ3) is 6.12. The lowest BCUT2D eigenvalue weighted by molar-refractivity contribution is -0.143. The SMILES string of the molecule is COC(=O)C(NC(=O)c1cccn2c(C(=O)N[C@H](C)CC(C)C)c(-c3ccsc3)nc12)c1ccc(F)c(Cl)c1. The van der Waals surface area contributed by atoms with Gasteiger partial charge >= 0.3 is 5.97 Å². The van der Waals surface area contributed by atoms with Gasteiger partial charge in [-0.2, -0.15) is 11.3 Å². The van der Waals surface area contributed by atoms with Gasteiger partial charge in [0.05, 0.1) is 17.7 Å². The van der Waals surface area contributed by atoms with Crippen molar-refractivity contribution < 1.29 is 23.5 Å². The minimum absolute atomic E-state index is 0.0757. The normalized spacial score (nSPS) is 12.8. The number of nitrogens with zero attached hydrogens (tertiary/aromatic N) is 2. The van der Waals surface area contributed by atoms with Crippen LogP contribution in [0.5, 0.6) is 0 Å². The second-order valence-electron chi connectivity index (χ2n) is 9.54. The van der Waals surface area contributed by atoms with E-state index in [9.17, 15) is 18.8 Å². The fourth-order valence-electron chi connectivity index (χ4n) is 4.42. The van der Waals surface area contributed by atoms with Crippen LogP contribution in [0.4, 0.5) is 4.39 Å². The number of carbonyl (C=O) groups excluding carboxylic acids is 3. The van der Waals surface area contributed by atoms with E-state index in [1.807, 2.05) is 23.8 Å². The highest BCUT2D eigenvalue weighted by Crippen LogP contribution is 2.29. The van der Waals surface area contributed by atoms with Gasteiger partial charge < -0.3 is 15.4 Å². The van der Waals surface area contributed by atoms with Crippen molar-refractivity contribution in [2.24, 2.45) is 5.92 Å². The number of esters is 1. The Hall–Kier alpha value is -3.76. The van der Waals surface area contributed by atoms with Crippen LogP contribution in [-0.4, -0.2) is 40.3 Å². The smallest absolute Gasteiger partial charge is 0.333 e. The van der Waals surface area contributed by atoms with Gasteiger partial charge in [-0.1, -0.05) is 31.5 Å². The molecule has 3 aromatic heterocycles. The summed E-state index contributed by atoms with van der Waals surface area (Å²) in [5, 5.41) is 9.24. The minimum atomic E-state index is -1.26. The van der Waals surface area contributed by atoms with Crippen LogP contribution < -0.4 is 10.6 Å². The van der Waals surface area contributed by atoms with E-state index in [4.69, 9.17) is 21.3 Å². The lowest BCUT2D eigenvalue weighted by atomic mass is 10.0. The van der Waals surface area contributed by atoms with E-state index >= 15 is 0 Å². The summed E-state index contributed by atoms with van der Waals surface area (Å²) in [4.78, 5) is 44.3. The Morgan fingerprint density at radius 1 is 1.13 bits per heavy atom. The average Bonchev–Trinajstić information content (AvgIpc) is 3.55. The van der Waals surface area contributed by atoms with Crippen LogP contribution in [-0.2, 0) is 9.53 Å². The number of nitrogens with one attached hydrogen (secondary N) is 2. The van der Waals surface area contributed by atoms with Crippen LogP contribution >= 0.6 is 22.9 Å². The Morgan fingerprint density at radius 2 is 1.90 bits per heavy atom. The number of aromatic nitrogens is 2. The molecule has 0 fully saturated rings. The van der Waals surface area contributed by atoms with Crippen molar-refractivity contribution in [1.29, 1.82) is 0 Å². The number of benzene rings is 1. The number of hydrogen-bond acceptors (Lipinski definition) is 6. The van der Waals surface area contributed by atoms with Crippen molar-refractivity contribution >= 4 is 46.4 Å². The first kappa shape index (κ1) is 28.3. The zero-order valence-corrected chi connectivity index (χ0v) is 23.4. The molecule has 1 unspecified atom stereocenters. The molecule has 11 heteroatoms. The molecule has 2 atom stereocenters. The number of halogens is 2. The second-order valence-corrected chi connectivity index (χ2v) is 10.7. The monoisotopic (exact) mass is 570 g/mol. The van der Waals surface area contributed by atoms with E-state index in [2.05, 4.69) is 24.5 Å². The van der Waals surface area contributed by atoms with Gasteiger partial charge in [0.25, 0.3) is 11.8 Å². The molecule has 3 heterocycles. The maximum atomic E-state index is 13.7. The number of ether oxygens (including phenoxy) is 1. The van der Waals surface area contributed by atoms with Crippen LogP contribution in [0.2, 0.25) is 5.02 Å². The number of fused-ring (bicyclic) bond motifs is 1. The van der Waals surface area contributed by atoms with Crippen molar-refractivity contribution in [3.05, 3.63) is 81.0 Å². The van der Waals surface area contributed by atoms with Gasteiger partial charge in [-0.3, -0.25) is 14.0 Å². The molecule has 204 valence electrons. The third-order valence-corrected chi connectivity index (χ3v) is 7.07. The van der Waals surface area contributed by atoms with E-state index in [-0.39, 0.29) is 33.7 Å².